The van der Waals surface area contributed by atoms with Gasteiger partial charge in [-0.1, -0.05) is 43.0 Å². The first kappa shape index (κ1) is 27.7. The highest BCUT2D eigenvalue weighted by molar-refractivity contribution is 7.90. The van der Waals surface area contributed by atoms with E-state index in [0.717, 1.165) is 37.8 Å². The number of halogens is 3. The van der Waals surface area contributed by atoms with Gasteiger partial charge in [-0.15, -0.1) is 0 Å². The molecule has 1 aromatic rings. The minimum atomic E-state index is -4.27. The lowest BCUT2D eigenvalue weighted by Crippen LogP contribution is -2.61. The zero-order valence-electron chi connectivity index (χ0n) is 20.4. The molecule has 7 nitrogen and oxygen atoms in total. The summed E-state index contributed by atoms with van der Waals surface area (Å²) in [5.74, 6) is -4.34. The largest absolute Gasteiger partial charge is 0.377 e. The first-order valence-corrected chi connectivity index (χ1v) is 14.8. The standard InChI is InChI=1S/C25H36ClF2N3O4S/c26-19-8-6-18(7-9-19)25(27,28)23(24(32)31-14-12-20(29)13-15-31)30-36(33,34)22-11-10-21(22)35-16-17-4-2-1-3-5-17/h6-9,17,20-23,30H,1-5,10-16,29H2/t21?,22-,23?/m0/s1. The highest BCUT2D eigenvalue weighted by Gasteiger charge is 2.52. The molecule has 0 aromatic heterocycles. The van der Waals surface area contributed by atoms with E-state index in [2.05, 4.69) is 4.72 Å². The second kappa shape index (κ2) is 11.6. The van der Waals surface area contributed by atoms with Gasteiger partial charge in [0.2, 0.25) is 15.9 Å². The number of amides is 1. The van der Waals surface area contributed by atoms with Gasteiger partial charge in [0, 0.05) is 36.3 Å². The molecule has 1 saturated heterocycles. The Morgan fingerprint density at radius 1 is 1.08 bits per heavy atom. The van der Waals surface area contributed by atoms with Crippen molar-refractivity contribution in [2.24, 2.45) is 11.7 Å². The van der Waals surface area contributed by atoms with Crippen molar-refractivity contribution in [1.82, 2.24) is 9.62 Å². The molecular weight excluding hydrogens is 512 g/mol. The van der Waals surface area contributed by atoms with Gasteiger partial charge in [-0.2, -0.15) is 13.5 Å². The number of rotatable bonds is 9. The van der Waals surface area contributed by atoms with E-state index in [4.69, 9.17) is 22.1 Å². The fourth-order valence-electron chi connectivity index (χ4n) is 5.27. The summed E-state index contributed by atoms with van der Waals surface area (Å²) in [6.07, 6.45) is 6.86. The van der Waals surface area contributed by atoms with E-state index in [-0.39, 0.29) is 24.2 Å². The number of nitrogens with zero attached hydrogens (tertiary/aromatic N) is 1. The molecule has 1 heterocycles. The van der Waals surface area contributed by atoms with Crippen molar-refractivity contribution in [3.63, 3.8) is 0 Å². The molecule has 4 rings (SSSR count). The van der Waals surface area contributed by atoms with Gasteiger partial charge in [-0.3, -0.25) is 4.79 Å². The predicted molar refractivity (Wildman–Crippen MR) is 134 cm³/mol. The fraction of sp³-hybridized carbons (Fsp3) is 0.720. The molecule has 0 radical (unpaired) electrons. The lowest BCUT2D eigenvalue weighted by atomic mass is 9.89. The highest BCUT2D eigenvalue weighted by Crippen LogP contribution is 2.37. The van der Waals surface area contributed by atoms with Crippen LogP contribution in [0.5, 0.6) is 0 Å². The second-order valence-corrected chi connectivity index (χ2v) is 12.7. The number of nitrogens with one attached hydrogen (secondary N) is 1. The van der Waals surface area contributed by atoms with Crippen molar-refractivity contribution >= 4 is 27.5 Å². The molecule has 3 N–H and O–H groups in total. The van der Waals surface area contributed by atoms with E-state index in [1.807, 2.05) is 0 Å². The van der Waals surface area contributed by atoms with Crippen LogP contribution in [0.4, 0.5) is 8.78 Å². The van der Waals surface area contributed by atoms with Crippen LogP contribution in [0.2, 0.25) is 5.02 Å². The van der Waals surface area contributed by atoms with Crippen LogP contribution in [-0.4, -0.2) is 62.4 Å². The number of carbonyl (C=O) groups is 1. The van der Waals surface area contributed by atoms with Gasteiger partial charge < -0.3 is 15.4 Å². The van der Waals surface area contributed by atoms with Gasteiger partial charge in [-0.25, -0.2) is 8.42 Å². The van der Waals surface area contributed by atoms with Crippen molar-refractivity contribution in [2.75, 3.05) is 19.7 Å². The predicted octanol–water partition coefficient (Wildman–Crippen LogP) is 3.80. The van der Waals surface area contributed by atoms with Gasteiger partial charge in [0.1, 0.15) is 5.25 Å². The van der Waals surface area contributed by atoms with Crippen LogP contribution >= 0.6 is 11.6 Å². The Morgan fingerprint density at radius 2 is 1.72 bits per heavy atom. The van der Waals surface area contributed by atoms with Crippen LogP contribution in [0.1, 0.15) is 63.4 Å². The van der Waals surface area contributed by atoms with E-state index in [1.54, 1.807) is 0 Å². The van der Waals surface area contributed by atoms with Crippen LogP contribution in [-0.2, 0) is 25.5 Å². The number of carbonyl (C=O) groups excluding carboxylic acids is 1. The number of likely N-dealkylation sites (tertiary alicyclic amines) is 1. The summed E-state index contributed by atoms with van der Waals surface area (Å²) in [6, 6.07) is 2.42. The molecule has 11 heteroatoms. The molecule has 1 amide bonds. The molecule has 2 unspecified atom stereocenters. The Hall–Kier alpha value is -1.33. The maximum Gasteiger partial charge on any atom is 0.298 e. The third-order valence-corrected chi connectivity index (χ3v) is 9.94. The lowest BCUT2D eigenvalue weighted by Gasteiger charge is -2.39. The van der Waals surface area contributed by atoms with Crippen LogP contribution in [0.25, 0.3) is 0 Å². The number of ether oxygens (including phenoxy) is 1. The average Bonchev–Trinajstić information content (AvgIpc) is 2.82. The van der Waals surface area contributed by atoms with Crippen molar-refractivity contribution in [1.29, 1.82) is 0 Å². The number of piperidine rings is 1. The van der Waals surface area contributed by atoms with E-state index >= 15 is 8.78 Å². The van der Waals surface area contributed by atoms with Gasteiger partial charge in [0.25, 0.3) is 5.92 Å². The highest BCUT2D eigenvalue weighted by atomic mass is 35.5. The number of nitrogens with two attached hydrogens (primary N) is 1. The van der Waals surface area contributed by atoms with E-state index in [9.17, 15) is 13.2 Å². The van der Waals surface area contributed by atoms with Crippen LogP contribution in [0.15, 0.2) is 24.3 Å². The van der Waals surface area contributed by atoms with E-state index < -0.39 is 44.8 Å². The summed E-state index contributed by atoms with van der Waals surface area (Å²) >= 11 is 5.86. The first-order valence-electron chi connectivity index (χ1n) is 12.9. The minimum Gasteiger partial charge on any atom is -0.377 e. The Bertz CT molecular complexity index is 997. The second-order valence-electron chi connectivity index (χ2n) is 10.4. The normalized spacial score (nSPS) is 25.4. The summed E-state index contributed by atoms with van der Waals surface area (Å²) in [4.78, 5) is 14.6. The Balaban J connectivity index is 1.51. The number of alkyl halides is 2. The summed E-state index contributed by atoms with van der Waals surface area (Å²) in [5, 5.41) is -0.706. The third-order valence-electron chi connectivity index (χ3n) is 7.79. The zero-order chi connectivity index (χ0) is 25.9. The molecule has 3 aliphatic rings. The zero-order valence-corrected chi connectivity index (χ0v) is 22.0. The Morgan fingerprint density at radius 3 is 2.31 bits per heavy atom. The van der Waals surface area contributed by atoms with Gasteiger partial charge in [-0.05, 0) is 56.6 Å². The maximum atomic E-state index is 15.8. The van der Waals surface area contributed by atoms with Crippen molar-refractivity contribution in [3.05, 3.63) is 34.9 Å². The van der Waals surface area contributed by atoms with Crippen LogP contribution in [0, 0.1) is 5.92 Å². The molecular formula is C25H36ClF2N3O4S. The third kappa shape index (κ3) is 6.38. The lowest BCUT2D eigenvalue weighted by molar-refractivity contribution is -0.145. The van der Waals surface area contributed by atoms with Crippen molar-refractivity contribution in [2.45, 2.75) is 87.1 Å². The molecule has 2 aliphatic carbocycles. The average molecular weight is 548 g/mol. The fourth-order valence-corrected chi connectivity index (χ4v) is 7.21. The monoisotopic (exact) mass is 547 g/mol. The Kier molecular flexibility index (Phi) is 8.92. The summed E-state index contributed by atoms with van der Waals surface area (Å²) in [5.41, 5.74) is 5.42. The summed E-state index contributed by atoms with van der Waals surface area (Å²) in [7, 11) is -4.27. The molecule has 3 atom stereocenters. The van der Waals surface area contributed by atoms with Crippen LogP contribution < -0.4 is 10.5 Å². The van der Waals surface area contributed by atoms with Crippen LogP contribution in [0.3, 0.4) is 0 Å². The number of sulfonamides is 1. The molecule has 202 valence electrons. The van der Waals surface area contributed by atoms with Gasteiger partial charge in [0.05, 0.1) is 6.10 Å². The SMILES string of the molecule is NC1CCN(C(=O)C(NS(=O)(=O)[C@H]2CCC2OCC2CCCCC2)C(F)(F)c2ccc(Cl)cc2)CC1. The van der Waals surface area contributed by atoms with Crippen molar-refractivity contribution < 1.29 is 26.7 Å². The Labute approximate surface area is 217 Å². The quantitative estimate of drug-likeness (QED) is 0.490. The van der Waals surface area contributed by atoms with Gasteiger partial charge in [0.15, 0.2) is 6.04 Å². The number of hydrogen-bond acceptors (Lipinski definition) is 5. The number of benzene rings is 1. The molecule has 0 spiro atoms. The topological polar surface area (TPSA) is 102 Å². The molecule has 2 saturated carbocycles. The van der Waals surface area contributed by atoms with Crippen molar-refractivity contribution in [3.8, 4) is 0 Å². The molecule has 1 aliphatic heterocycles. The minimum absolute atomic E-state index is 0.113. The smallest absolute Gasteiger partial charge is 0.298 e. The maximum absolute atomic E-state index is 15.8. The summed E-state index contributed by atoms with van der Waals surface area (Å²) in [6.45, 7) is 0.880. The molecule has 0 bridgehead atoms. The number of hydrogen-bond donors (Lipinski definition) is 2. The first-order chi connectivity index (χ1) is 17.1. The van der Waals surface area contributed by atoms with E-state index in [0.29, 0.717) is 38.2 Å². The molecule has 1 aromatic carbocycles. The molecule has 3 fully saturated rings. The summed E-state index contributed by atoms with van der Waals surface area (Å²) < 4.78 is 66.2. The molecule has 36 heavy (non-hydrogen) atoms. The van der Waals surface area contributed by atoms with E-state index in [1.165, 1.54) is 23.5 Å². The van der Waals surface area contributed by atoms with Gasteiger partial charge >= 0.3 is 0 Å².